The molecule has 124 valence electrons. The van der Waals surface area contributed by atoms with Gasteiger partial charge in [-0.05, 0) is 44.9 Å². The molecule has 0 saturated carbocycles. The zero-order chi connectivity index (χ0) is 17.3. The van der Waals surface area contributed by atoms with Gasteiger partial charge in [-0.1, -0.05) is 35.1 Å². The molecule has 1 atom stereocenters. The largest absolute Gasteiger partial charge is 0.360 e. The molecular formula is C18H19N3O2S. The van der Waals surface area contributed by atoms with Crippen molar-refractivity contribution >= 4 is 34.4 Å². The van der Waals surface area contributed by atoms with E-state index in [0.29, 0.717) is 11.6 Å². The summed E-state index contributed by atoms with van der Waals surface area (Å²) in [5, 5.41) is 8.23. The summed E-state index contributed by atoms with van der Waals surface area (Å²) in [5.74, 6) is 0.967. The predicted molar refractivity (Wildman–Crippen MR) is 96.4 cm³/mol. The van der Waals surface area contributed by atoms with Crippen molar-refractivity contribution in [3.8, 4) is 0 Å². The highest BCUT2D eigenvalue weighted by molar-refractivity contribution is 8.00. The van der Waals surface area contributed by atoms with Crippen LogP contribution in [0, 0.1) is 20.8 Å². The van der Waals surface area contributed by atoms with Gasteiger partial charge in [-0.3, -0.25) is 4.79 Å². The lowest BCUT2D eigenvalue weighted by Crippen LogP contribution is -2.22. The second-order valence-electron chi connectivity index (χ2n) is 5.82. The molecule has 0 aliphatic heterocycles. The fourth-order valence-corrected chi connectivity index (χ4v) is 3.40. The fraction of sp³-hybridized carbons (Fsp3) is 0.278. The van der Waals surface area contributed by atoms with Crippen molar-refractivity contribution in [1.29, 1.82) is 0 Å². The van der Waals surface area contributed by atoms with E-state index in [2.05, 4.69) is 23.5 Å². The molecule has 1 amide bonds. The Morgan fingerprint density at radius 1 is 1.21 bits per heavy atom. The molecule has 5 nitrogen and oxygen atoms in total. The zero-order valence-corrected chi connectivity index (χ0v) is 14.9. The van der Waals surface area contributed by atoms with Gasteiger partial charge >= 0.3 is 0 Å². The van der Waals surface area contributed by atoms with Crippen LogP contribution < -0.4 is 5.32 Å². The number of anilines is 1. The molecule has 24 heavy (non-hydrogen) atoms. The Morgan fingerprint density at radius 3 is 2.71 bits per heavy atom. The van der Waals surface area contributed by atoms with Gasteiger partial charge in [0.25, 0.3) is 0 Å². The quantitative estimate of drug-likeness (QED) is 0.718. The minimum Gasteiger partial charge on any atom is -0.360 e. The maximum atomic E-state index is 12.3. The lowest BCUT2D eigenvalue weighted by molar-refractivity contribution is -0.115. The van der Waals surface area contributed by atoms with Crippen LogP contribution in [0.5, 0.6) is 0 Å². The SMILES string of the molecule is Cc1cc(NC(=O)[C@@H](C)Sc2cc(C)c3cccc(C)c3n2)no1. The molecular weight excluding hydrogens is 322 g/mol. The van der Waals surface area contributed by atoms with Gasteiger partial charge in [0.1, 0.15) is 5.76 Å². The summed E-state index contributed by atoms with van der Waals surface area (Å²) in [6.45, 7) is 7.75. The third kappa shape index (κ3) is 3.43. The number of benzene rings is 1. The van der Waals surface area contributed by atoms with Crippen LogP contribution in [0.1, 0.15) is 23.8 Å². The number of pyridine rings is 1. The molecule has 0 aliphatic carbocycles. The van der Waals surface area contributed by atoms with Gasteiger partial charge in [0, 0.05) is 11.5 Å². The maximum Gasteiger partial charge on any atom is 0.238 e. The molecule has 0 spiro atoms. The van der Waals surface area contributed by atoms with Crippen molar-refractivity contribution in [2.75, 3.05) is 5.32 Å². The molecule has 0 unspecified atom stereocenters. The van der Waals surface area contributed by atoms with E-state index in [4.69, 9.17) is 9.51 Å². The van der Waals surface area contributed by atoms with Crippen LogP contribution in [0.15, 0.2) is 39.9 Å². The number of rotatable bonds is 4. The summed E-state index contributed by atoms with van der Waals surface area (Å²) in [6.07, 6.45) is 0. The minimum absolute atomic E-state index is 0.127. The van der Waals surface area contributed by atoms with E-state index in [-0.39, 0.29) is 11.2 Å². The number of aryl methyl sites for hydroxylation is 3. The number of carbonyl (C=O) groups excluding carboxylic acids is 1. The van der Waals surface area contributed by atoms with E-state index >= 15 is 0 Å². The van der Waals surface area contributed by atoms with E-state index in [1.54, 1.807) is 13.0 Å². The highest BCUT2D eigenvalue weighted by atomic mass is 32.2. The molecule has 3 rings (SSSR count). The monoisotopic (exact) mass is 341 g/mol. The average Bonchev–Trinajstić information content (AvgIpc) is 2.93. The van der Waals surface area contributed by atoms with Crippen LogP contribution >= 0.6 is 11.8 Å². The Kier molecular flexibility index (Phi) is 4.57. The Hall–Kier alpha value is -2.34. The number of hydrogen-bond donors (Lipinski definition) is 1. The van der Waals surface area contributed by atoms with E-state index in [1.165, 1.54) is 11.8 Å². The van der Waals surface area contributed by atoms with Crippen molar-refractivity contribution in [3.05, 3.63) is 47.2 Å². The van der Waals surface area contributed by atoms with Crippen molar-refractivity contribution < 1.29 is 9.32 Å². The van der Waals surface area contributed by atoms with Gasteiger partial charge in [0.15, 0.2) is 5.82 Å². The number of para-hydroxylation sites is 1. The summed E-state index contributed by atoms with van der Waals surface area (Å²) in [6, 6.07) is 9.87. The number of hydrogen-bond acceptors (Lipinski definition) is 5. The lowest BCUT2D eigenvalue weighted by atomic mass is 10.1. The van der Waals surface area contributed by atoms with Gasteiger partial charge in [0.05, 0.1) is 15.8 Å². The zero-order valence-electron chi connectivity index (χ0n) is 14.1. The fourth-order valence-electron chi connectivity index (χ4n) is 2.48. The van der Waals surface area contributed by atoms with Crippen LogP contribution in [-0.2, 0) is 4.79 Å². The van der Waals surface area contributed by atoms with E-state index < -0.39 is 0 Å². The van der Waals surface area contributed by atoms with Crippen molar-refractivity contribution in [2.24, 2.45) is 0 Å². The molecule has 0 bridgehead atoms. The first-order valence-electron chi connectivity index (χ1n) is 7.72. The van der Waals surface area contributed by atoms with Gasteiger partial charge < -0.3 is 9.84 Å². The standard InChI is InChI=1S/C18H19N3O2S/c1-10-6-5-7-14-11(2)8-16(20-17(10)14)24-13(4)18(22)19-15-9-12(3)23-21-15/h5-9,13H,1-4H3,(H,19,21,22)/t13-/m1/s1. The molecule has 6 heteroatoms. The van der Waals surface area contributed by atoms with Crippen LogP contribution in [0.3, 0.4) is 0 Å². The van der Waals surface area contributed by atoms with Crippen LogP contribution in [0.25, 0.3) is 10.9 Å². The second kappa shape index (κ2) is 6.65. The highest BCUT2D eigenvalue weighted by Gasteiger charge is 2.17. The summed E-state index contributed by atoms with van der Waals surface area (Å²) in [5.41, 5.74) is 3.28. The number of nitrogens with one attached hydrogen (secondary N) is 1. The van der Waals surface area contributed by atoms with Crippen LogP contribution in [-0.4, -0.2) is 21.3 Å². The molecule has 0 aliphatic rings. The lowest BCUT2D eigenvalue weighted by Gasteiger charge is -2.12. The van der Waals surface area contributed by atoms with E-state index in [0.717, 1.165) is 27.1 Å². The summed E-state index contributed by atoms with van der Waals surface area (Å²) >= 11 is 1.43. The molecule has 1 aromatic carbocycles. The molecule has 0 radical (unpaired) electrons. The normalized spacial score (nSPS) is 12.3. The first-order chi connectivity index (χ1) is 11.4. The number of thioether (sulfide) groups is 1. The molecule has 2 heterocycles. The summed E-state index contributed by atoms with van der Waals surface area (Å²) in [4.78, 5) is 17.0. The number of fused-ring (bicyclic) bond motifs is 1. The van der Waals surface area contributed by atoms with Gasteiger partial charge in [-0.25, -0.2) is 4.98 Å². The van der Waals surface area contributed by atoms with Crippen LogP contribution in [0.4, 0.5) is 5.82 Å². The van der Waals surface area contributed by atoms with Crippen molar-refractivity contribution in [1.82, 2.24) is 10.1 Å². The Balaban J connectivity index is 1.78. The third-order valence-corrected chi connectivity index (χ3v) is 4.79. The smallest absolute Gasteiger partial charge is 0.238 e. The third-order valence-electron chi connectivity index (χ3n) is 3.77. The van der Waals surface area contributed by atoms with Gasteiger partial charge in [0.2, 0.25) is 5.91 Å². The molecule has 1 N–H and O–H groups in total. The first kappa shape index (κ1) is 16.5. The van der Waals surface area contributed by atoms with E-state index in [1.807, 2.05) is 32.0 Å². The molecule has 3 aromatic rings. The summed E-state index contributed by atoms with van der Waals surface area (Å²) in [7, 11) is 0. The van der Waals surface area contributed by atoms with Crippen molar-refractivity contribution in [3.63, 3.8) is 0 Å². The maximum absolute atomic E-state index is 12.3. The number of aromatic nitrogens is 2. The topological polar surface area (TPSA) is 68.0 Å². The molecule has 0 fully saturated rings. The van der Waals surface area contributed by atoms with Crippen LogP contribution in [0.2, 0.25) is 0 Å². The number of carbonyl (C=O) groups is 1. The number of nitrogens with zero attached hydrogens (tertiary/aromatic N) is 2. The van der Waals surface area contributed by atoms with Crippen molar-refractivity contribution in [2.45, 2.75) is 38.0 Å². The van der Waals surface area contributed by atoms with Gasteiger partial charge in [-0.15, -0.1) is 0 Å². The van der Waals surface area contributed by atoms with Gasteiger partial charge in [-0.2, -0.15) is 0 Å². The van der Waals surface area contributed by atoms with E-state index in [9.17, 15) is 4.79 Å². The average molecular weight is 341 g/mol. The molecule has 2 aromatic heterocycles. The second-order valence-corrected chi connectivity index (χ2v) is 7.18. The Morgan fingerprint density at radius 2 is 2.00 bits per heavy atom. The molecule has 0 saturated heterocycles. The first-order valence-corrected chi connectivity index (χ1v) is 8.60. The predicted octanol–water partition coefficient (Wildman–Crippen LogP) is 4.27. The minimum atomic E-state index is -0.296. The Labute approximate surface area is 144 Å². The number of amides is 1. The Bertz CT molecular complexity index is 904. The summed E-state index contributed by atoms with van der Waals surface area (Å²) < 4.78 is 4.96. The highest BCUT2D eigenvalue weighted by Crippen LogP contribution is 2.28.